The first-order valence-corrected chi connectivity index (χ1v) is 6.97. The number of methoxy groups -OCH3 is 1. The number of hydrogen-bond donors (Lipinski definition) is 1. The molecule has 0 saturated carbocycles. The summed E-state index contributed by atoms with van der Waals surface area (Å²) in [6.45, 7) is 2.12. The van der Waals surface area contributed by atoms with Gasteiger partial charge in [-0.15, -0.1) is 0 Å². The molecule has 2 heterocycles. The van der Waals surface area contributed by atoms with Crippen LogP contribution in [0.25, 0.3) is 11.2 Å². The zero-order valence-electron chi connectivity index (χ0n) is 9.93. The molecule has 0 radical (unpaired) electrons. The fourth-order valence-electron chi connectivity index (χ4n) is 1.80. The number of thioether (sulfide) groups is 1. The average molecular weight is 270 g/mol. The fourth-order valence-corrected chi connectivity index (χ4v) is 2.80. The molecule has 1 unspecified atom stereocenters. The highest BCUT2D eigenvalue weighted by Crippen LogP contribution is 2.24. The van der Waals surface area contributed by atoms with Crippen LogP contribution < -0.4 is 4.74 Å². The van der Waals surface area contributed by atoms with E-state index in [2.05, 4.69) is 28.1 Å². The van der Waals surface area contributed by atoms with Gasteiger partial charge in [-0.3, -0.25) is 4.57 Å². The maximum absolute atomic E-state index is 5.33. The van der Waals surface area contributed by atoms with Gasteiger partial charge in [0.15, 0.2) is 10.4 Å². The Hall–Kier alpha value is -1.08. The van der Waals surface area contributed by atoms with Gasteiger partial charge in [-0.05, 0) is 25.4 Å². The summed E-state index contributed by atoms with van der Waals surface area (Å²) < 4.78 is 7.85. The van der Waals surface area contributed by atoms with Crippen molar-refractivity contribution in [2.45, 2.75) is 13.0 Å². The molecule has 0 aliphatic heterocycles. The van der Waals surface area contributed by atoms with E-state index in [1.165, 1.54) is 6.33 Å². The SMILES string of the molecule is COc1ncnc2c1[nH]c(=S)n2C(C)CSC. The maximum atomic E-state index is 5.33. The van der Waals surface area contributed by atoms with Gasteiger partial charge in [0, 0.05) is 11.8 Å². The average Bonchev–Trinajstić information content (AvgIpc) is 2.65. The number of imidazole rings is 1. The van der Waals surface area contributed by atoms with Crippen LogP contribution >= 0.6 is 24.0 Å². The van der Waals surface area contributed by atoms with Gasteiger partial charge >= 0.3 is 0 Å². The Bertz CT molecular complexity index is 577. The molecule has 2 aromatic heterocycles. The second-order valence-electron chi connectivity index (χ2n) is 3.69. The minimum Gasteiger partial charge on any atom is -0.479 e. The molecular formula is C10H14N4OS2. The van der Waals surface area contributed by atoms with E-state index in [0.717, 1.165) is 16.9 Å². The van der Waals surface area contributed by atoms with E-state index >= 15 is 0 Å². The fraction of sp³-hybridized carbons (Fsp3) is 0.500. The minimum absolute atomic E-state index is 0.283. The van der Waals surface area contributed by atoms with Gasteiger partial charge in [-0.25, -0.2) is 4.98 Å². The van der Waals surface area contributed by atoms with Crippen LogP contribution in [0.1, 0.15) is 13.0 Å². The summed E-state index contributed by atoms with van der Waals surface area (Å²) in [5, 5.41) is 0. The zero-order valence-corrected chi connectivity index (χ0v) is 11.6. The quantitative estimate of drug-likeness (QED) is 0.865. The van der Waals surface area contributed by atoms with Crippen LogP contribution in [0.3, 0.4) is 0 Å². The van der Waals surface area contributed by atoms with Crippen molar-refractivity contribution in [3.05, 3.63) is 11.1 Å². The topological polar surface area (TPSA) is 55.7 Å². The molecule has 0 bridgehead atoms. The molecule has 17 heavy (non-hydrogen) atoms. The molecule has 0 aromatic carbocycles. The molecule has 0 amide bonds. The Kier molecular flexibility index (Phi) is 3.68. The lowest BCUT2D eigenvalue weighted by Crippen LogP contribution is -2.08. The summed E-state index contributed by atoms with van der Waals surface area (Å²) in [7, 11) is 1.58. The minimum atomic E-state index is 0.283. The number of nitrogens with zero attached hydrogens (tertiary/aromatic N) is 3. The number of fused-ring (bicyclic) bond motifs is 1. The molecule has 0 saturated heterocycles. The predicted molar refractivity (Wildman–Crippen MR) is 72.4 cm³/mol. The number of hydrogen-bond acceptors (Lipinski definition) is 5. The van der Waals surface area contributed by atoms with Crippen molar-refractivity contribution in [1.29, 1.82) is 0 Å². The van der Waals surface area contributed by atoms with Gasteiger partial charge in [-0.2, -0.15) is 16.7 Å². The number of H-pyrrole nitrogens is 1. The third-order valence-electron chi connectivity index (χ3n) is 2.51. The highest BCUT2D eigenvalue weighted by atomic mass is 32.2. The molecule has 1 atom stereocenters. The van der Waals surface area contributed by atoms with Gasteiger partial charge in [0.05, 0.1) is 7.11 Å². The summed E-state index contributed by atoms with van der Waals surface area (Å²) in [5.74, 6) is 1.50. The number of aromatic amines is 1. The molecule has 92 valence electrons. The summed E-state index contributed by atoms with van der Waals surface area (Å²) >= 11 is 7.11. The summed E-state index contributed by atoms with van der Waals surface area (Å²) in [5.41, 5.74) is 1.55. The molecule has 7 heteroatoms. The van der Waals surface area contributed by atoms with Crippen LogP contribution in [0.4, 0.5) is 0 Å². The van der Waals surface area contributed by atoms with Gasteiger partial charge in [0.1, 0.15) is 11.8 Å². The Balaban J connectivity index is 2.64. The molecule has 0 spiro atoms. The normalized spacial score (nSPS) is 12.9. The monoisotopic (exact) mass is 270 g/mol. The van der Waals surface area contributed by atoms with Crippen molar-refractivity contribution in [2.75, 3.05) is 19.1 Å². The van der Waals surface area contributed by atoms with Gasteiger partial charge in [0.2, 0.25) is 5.88 Å². The second kappa shape index (κ2) is 5.05. The molecule has 0 aliphatic rings. The first kappa shape index (κ1) is 12.4. The van der Waals surface area contributed by atoms with E-state index < -0.39 is 0 Å². The van der Waals surface area contributed by atoms with E-state index in [1.54, 1.807) is 18.9 Å². The summed E-state index contributed by atoms with van der Waals surface area (Å²) in [6.07, 6.45) is 3.57. The zero-order chi connectivity index (χ0) is 12.4. The smallest absolute Gasteiger partial charge is 0.242 e. The lowest BCUT2D eigenvalue weighted by molar-refractivity contribution is 0.401. The Morgan fingerprint density at radius 1 is 1.59 bits per heavy atom. The van der Waals surface area contributed by atoms with Crippen molar-refractivity contribution in [1.82, 2.24) is 19.5 Å². The lowest BCUT2D eigenvalue weighted by Gasteiger charge is -2.12. The number of ether oxygens (including phenoxy) is 1. The Morgan fingerprint density at radius 3 is 3.00 bits per heavy atom. The van der Waals surface area contributed by atoms with Crippen molar-refractivity contribution < 1.29 is 4.74 Å². The Labute approximate surface area is 109 Å². The number of aromatic nitrogens is 4. The van der Waals surface area contributed by atoms with E-state index in [4.69, 9.17) is 17.0 Å². The highest BCUT2D eigenvalue weighted by Gasteiger charge is 2.15. The van der Waals surface area contributed by atoms with Gasteiger partial charge < -0.3 is 9.72 Å². The maximum Gasteiger partial charge on any atom is 0.242 e. The molecule has 0 aliphatic carbocycles. The molecular weight excluding hydrogens is 256 g/mol. The Morgan fingerprint density at radius 2 is 2.35 bits per heavy atom. The van der Waals surface area contributed by atoms with Crippen molar-refractivity contribution >= 4 is 35.1 Å². The second-order valence-corrected chi connectivity index (χ2v) is 4.98. The van der Waals surface area contributed by atoms with Crippen molar-refractivity contribution in [2.24, 2.45) is 0 Å². The number of nitrogens with one attached hydrogen (secondary N) is 1. The van der Waals surface area contributed by atoms with E-state index in [1.807, 2.05) is 4.57 Å². The van der Waals surface area contributed by atoms with Crippen LogP contribution in [0.2, 0.25) is 0 Å². The van der Waals surface area contributed by atoms with Crippen LogP contribution in [-0.4, -0.2) is 38.6 Å². The third kappa shape index (κ3) is 2.16. The van der Waals surface area contributed by atoms with Crippen LogP contribution in [-0.2, 0) is 0 Å². The largest absolute Gasteiger partial charge is 0.479 e. The van der Waals surface area contributed by atoms with Crippen LogP contribution in [0.15, 0.2) is 6.33 Å². The molecule has 2 rings (SSSR count). The highest BCUT2D eigenvalue weighted by molar-refractivity contribution is 7.98. The first-order chi connectivity index (χ1) is 8.19. The molecule has 5 nitrogen and oxygen atoms in total. The van der Waals surface area contributed by atoms with E-state index in [0.29, 0.717) is 10.7 Å². The van der Waals surface area contributed by atoms with E-state index in [-0.39, 0.29) is 6.04 Å². The first-order valence-electron chi connectivity index (χ1n) is 5.17. The van der Waals surface area contributed by atoms with Gasteiger partial charge in [0.25, 0.3) is 0 Å². The van der Waals surface area contributed by atoms with E-state index in [9.17, 15) is 0 Å². The van der Waals surface area contributed by atoms with Crippen LogP contribution in [0.5, 0.6) is 5.88 Å². The van der Waals surface area contributed by atoms with Crippen LogP contribution in [0, 0.1) is 4.77 Å². The molecule has 0 fully saturated rings. The third-order valence-corrected chi connectivity index (χ3v) is 3.63. The molecule has 1 N–H and O–H groups in total. The predicted octanol–water partition coefficient (Wildman–Crippen LogP) is 2.42. The molecule has 2 aromatic rings. The lowest BCUT2D eigenvalue weighted by atomic mass is 10.4. The van der Waals surface area contributed by atoms with Gasteiger partial charge in [-0.1, -0.05) is 0 Å². The van der Waals surface area contributed by atoms with Crippen molar-refractivity contribution in [3.63, 3.8) is 0 Å². The number of rotatable bonds is 4. The van der Waals surface area contributed by atoms with Crippen molar-refractivity contribution in [3.8, 4) is 5.88 Å². The standard InChI is InChI=1S/C10H14N4OS2/c1-6(4-17-3)14-8-7(13-10(14)16)9(15-2)12-5-11-8/h5-6H,4H2,1-3H3,(H,13,16). The summed E-state index contributed by atoms with van der Waals surface area (Å²) in [4.78, 5) is 11.4. The summed E-state index contributed by atoms with van der Waals surface area (Å²) in [6, 6.07) is 0.283.